The van der Waals surface area contributed by atoms with E-state index < -0.39 is 36.4 Å². The van der Waals surface area contributed by atoms with Crippen molar-refractivity contribution in [2.45, 2.75) is 18.1 Å². The molecule has 2 aromatic carbocycles. The van der Waals surface area contributed by atoms with Crippen LogP contribution in [0.4, 0.5) is 13.2 Å². The molecule has 0 saturated heterocycles. The molecule has 5 rings (SSSR count). The summed E-state index contributed by atoms with van der Waals surface area (Å²) in [7, 11) is 2.75. The zero-order valence-corrected chi connectivity index (χ0v) is 16.4. The molecule has 0 fully saturated rings. The largest absolute Gasteiger partial charge is 0.493 e. The number of hydrogen-bond acceptors (Lipinski definition) is 6. The highest BCUT2D eigenvalue weighted by atomic mass is 19.4. The molecule has 0 radical (unpaired) electrons. The maximum Gasteiger partial charge on any atom is 0.406 e. The Morgan fingerprint density at radius 2 is 1.61 bits per heavy atom. The van der Waals surface area contributed by atoms with Crippen molar-refractivity contribution in [1.29, 1.82) is 0 Å². The molecule has 31 heavy (non-hydrogen) atoms. The number of carbonyl (C=O) groups is 2. The highest BCUT2D eigenvalue weighted by molar-refractivity contribution is 6.11. The second kappa shape index (κ2) is 6.53. The molecule has 0 N–H and O–H groups in total. The Hall–Kier alpha value is -3.43. The number of ether oxygens (including phenoxy) is 4. The van der Waals surface area contributed by atoms with Crippen LogP contribution in [0.25, 0.3) is 0 Å². The first-order valence-corrected chi connectivity index (χ1v) is 9.35. The van der Waals surface area contributed by atoms with Gasteiger partial charge in [0.25, 0.3) is 5.91 Å². The third-order valence-electron chi connectivity index (χ3n) is 5.79. The zero-order valence-electron chi connectivity index (χ0n) is 16.4. The highest BCUT2D eigenvalue weighted by Gasteiger charge is 2.53. The second-order valence-electron chi connectivity index (χ2n) is 7.42. The van der Waals surface area contributed by atoms with E-state index in [0.717, 1.165) is 0 Å². The van der Waals surface area contributed by atoms with Crippen LogP contribution in [0.1, 0.15) is 43.8 Å². The molecule has 0 bridgehead atoms. The van der Waals surface area contributed by atoms with Gasteiger partial charge < -0.3 is 23.8 Å². The van der Waals surface area contributed by atoms with Gasteiger partial charge in [-0.25, -0.2) is 0 Å². The van der Waals surface area contributed by atoms with Crippen LogP contribution < -0.4 is 18.9 Å². The Morgan fingerprint density at radius 3 is 2.26 bits per heavy atom. The first-order valence-electron chi connectivity index (χ1n) is 9.35. The maximum atomic E-state index is 13.4. The predicted octanol–water partition coefficient (Wildman–Crippen LogP) is 3.47. The Bertz CT molecular complexity index is 1130. The van der Waals surface area contributed by atoms with Gasteiger partial charge >= 0.3 is 6.18 Å². The van der Waals surface area contributed by atoms with Gasteiger partial charge in [0.15, 0.2) is 28.8 Å². The lowest BCUT2D eigenvalue weighted by molar-refractivity contribution is -0.145. The van der Waals surface area contributed by atoms with Crippen LogP contribution in [0.2, 0.25) is 0 Å². The molecule has 0 unspecified atom stereocenters. The van der Waals surface area contributed by atoms with E-state index in [1.165, 1.54) is 38.5 Å². The van der Waals surface area contributed by atoms with E-state index in [0.29, 0.717) is 27.5 Å². The van der Waals surface area contributed by atoms with Gasteiger partial charge in [-0.1, -0.05) is 0 Å². The number of carbonyl (C=O) groups excluding carboxylic acids is 2. The molecule has 7 nitrogen and oxygen atoms in total. The van der Waals surface area contributed by atoms with Crippen LogP contribution in [0.15, 0.2) is 24.3 Å². The summed E-state index contributed by atoms with van der Waals surface area (Å²) in [6.45, 7) is -1.55. The van der Waals surface area contributed by atoms with Crippen LogP contribution in [-0.4, -0.2) is 50.3 Å². The minimum absolute atomic E-state index is 0.0238. The molecule has 2 aromatic rings. The molecular weight excluding hydrogens is 419 g/mol. The second-order valence-corrected chi connectivity index (χ2v) is 7.42. The predicted molar refractivity (Wildman–Crippen MR) is 99.0 cm³/mol. The van der Waals surface area contributed by atoms with Crippen LogP contribution >= 0.6 is 0 Å². The fourth-order valence-corrected chi connectivity index (χ4v) is 4.55. The summed E-state index contributed by atoms with van der Waals surface area (Å²) in [5.74, 6) is -1.14. The Kier molecular flexibility index (Phi) is 4.11. The topological polar surface area (TPSA) is 74.3 Å². The number of rotatable bonds is 3. The normalized spacial score (nSPS) is 21.0. The fourth-order valence-electron chi connectivity index (χ4n) is 4.55. The number of Topliss-reactive ketones (excluding diaryl/α,β-unsaturated/α-hetero) is 1. The molecule has 0 spiro atoms. The monoisotopic (exact) mass is 435 g/mol. The van der Waals surface area contributed by atoms with Crippen LogP contribution in [0, 0.1) is 0 Å². The standard InChI is InChI=1S/C21H16F3NO6/c1-28-13-3-9-12(6-14(13)29-2)20(27)25(7-21(22,23)24)18-10-4-15-16(31-8-30-15)5-11(10)19(26)17(9)18/h3-6,17-18H,7-8H2,1-2H3/t17-,18-/m1/s1. The molecule has 10 heteroatoms. The molecule has 0 saturated carbocycles. The minimum Gasteiger partial charge on any atom is -0.493 e. The van der Waals surface area contributed by atoms with Crippen molar-refractivity contribution in [3.05, 3.63) is 46.5 Å². The number of nitrogens with zero attached hydrogens (tertiary/aromatic N) is 1. The van der Waals surface area contributed by atoms with Crippen LogP contribution in [-0.2, 0) is 0 Å². The highest BCUT2D eigenvalue weighted by Crippen LogP contribution is 2.54. The molecule has 1 amide bonds. The maximum absolute atomic E-state index is 13.4. The van der Waals surface area contributed by atoms with Gasteiger partial charge in [0.2, 0.25) is 6.79 Å². The number of benzene rings is 2. The van der Waals surface area contributed by atoms with E-state index in [1.54, 1.807) is 0 Å². The van der Waals surface area contributed by atoms with Crippen molar-refractivity contribution in [2.24, 2.45) is 0 Å². The van der Waals surface area contributed by atoms with Crippen molar-refractivity contribution >= 4 is 11.7 Å². The Balaban J connectivity index is 1.74. The Morgan fingerprint density at radius 1 is 0.968 bits per heavy atom. The third-order valence-corrected chi connectivity index (χ3v) is 5.79. The van der Waals surface area contributed by atoms with Gasteiger partial charge in [-0.15, -0.1) is 0 Å². The lowest BCUT2D eigenvalue weighted by Gasteiger charge is -2.39. The lowest BCUT2D eigenvalue weighted by Crippen LogP contribution is -2.46. The van der Waals surface area contributed by atoms with Crippen molar-refractivity contribution in [3.8, 4) is 23.0 Å². The van der Waals surface area contributed by atoms with E-state index in [-0.39, 0.29) is 29.4 Å². The van der Waals surface area contributed by atoms with E-state index >= 15 is 0 Å². The molecule has 2 heterocycles. The van der Waals surface area contributed by atoms with Gasteiger partial charge in [0.05, 0.1) is 26.2 Å². The molecule has 162 valence electrons. The van der Waals surface area contributed by atoms with Crippen molar-refractivity contribution < 1.29 is 41.7 Å². The van der Waals surface area contributed by atoms with Gasteiger partial charge in [-0.05, 0) is 35.4 Å². The van der Waals surface area contributed by atoms with Crippen molar-refractivity contribution in [2.75, 3.05) is 27.6 Å². The number of amides is 1. The van der Waals surface area contributed by atoms with E-state index in [1.807, 2.05) is 0 Å². The molecule has 2 aliphatic heterocycles. The zero-order chi connectivity index (χ0) is 22.1. The number of hydrogen-bond donors (Lipinski definition) is 0. The smallest absolute Gasteiger partial charge is 0.406 e. The SMILES string of the molecule is COc1cc2c(cc1OC)[C@H]1C(=O)c3cc4c(cc3[C@H]1N(CC(F)(F)F)C2=O)OCO4. The lowest BCUT2D eigenvalue weighted by atomic mass is 9.82. The van der Waals surface area contributed by atoms with Crippen molar-refractivity contribution in [1.82, 2.24) is 4.90 Å². The molecule has 1 aliphatic carbocycles. The molecule has 0 aromatic heterocycles. The van der Waals surface area contributed by atoms with Gasteiger partial charge in [-0.2, -0.15) is 13.2 Å². The summed E-state index contributed by atoms with van der Waals surface area (Å²) in [4.78, 5) is 27.3. The first kappa shape index (κ1) is 19.5. The van der Waals surface area contributed by atoms with Crippen LogP contribution in [0.3, 0.4) is 0 Å². The average Bonchev–Trinajstić information content (AvgIpc) is 3.30. The summed E-state index contributed by atoms with van der Waals surface area (Å²) in [5, 5.41) is 0. The molecule has 3 aliphatic rings. The third kappa shape index (κ3) is 2.81. The van der Waals surface area contributed by atoms with Gasteiger partial charge in [0.1, 0.15) is 6.54 Å². The van der Waals surface area contributed by atoms with E-state index in [9.17, 15) is 22.8 Å². The van der Waals surface area contributed by atoms with E-state index in [4.69, 9.17) is 18.9 Å². The first-order chi connectivity index (χ1) is 14.7. The van der Waals surface area contributed by atoms with E-state index in [2.05, 4.69) is 0 Å². The number of methoxy groups -OCH3 is 2. The summed E-state index contributed by atoms with van der Waals surface area (Å²) in [6, 6.07) is 4.63. The van der Waals surface area contributed by atoms with Gasteiger partial charge in [0, 0.05) is 11.1 Å². The average molecular weight is 435 g/mol. The number of halogens is 3. The minimum atomic E-state index is -4.66. The summed E-state index contributed by atoms with van der Waals surface area (Å²) < 4.78 is 61.5. The van der Waals surface area contributed by atoms with Gasteiger partial charge in [-0.3, -0.25) is 9.59 Å². The summed E-state index contributed by atoms with van der Waals surface area (Å²) >= 11 is 0. The van der Waals surface area contributed by atoms with Crippen molar-refractivity contribution in [3.63, 3.8) is 0 Å². The molecule has 2 atom stereocenters. The van der Waals surface area contributed by atoms with Crippen LogP contribution in [0.5, 0.6) is 23.0 Å². The molecular formula is C21H16F3NO6. The number of ketones is 1. The Labute approximate surface area is 174 Å². The number of alkyl halides is 3. The summed E-state index contributed by atoms with van der Waals surface area (Å²) in [5.41, 5.74) is 0.790. The summed E-state index contributed by atoms with van der Waals surface area (Å²) in [6.07, 6.45) is -4.66. The quantitative estimate of drug-likeness (QED) is 0.735. The number of fused-ring (bicyclic) bond motifs is 6. The fraction of sp³-hybridized carbons (Fsp3) is 0.333.